The molecule has 1 saturated heterocycles. The van der Waals surface area contributed by atoms with Gasteiger partial charge in [-0.3, -0.25) is 4.98 Å². The van der Waals surface area contributed by atoms with Crippen molar-refractivity contribution in [3.63, 3.8) is 0 Å². The van der Waals surface area contributed by atoms with E-state index < -0.39 is 0 Å². The van der Waals surface area contributed by atoms with Gasteiger partial charge in [0.25, 0.3) is 0 Å². The van der Waals surface area contributed by atoms with E-state index in [2.05, 4.69) is 51.8 Å². The molecular weight excluding hydrogens is 511 g/mol. The van der Waals surface area contributed by atoms with E-state index in [-0.39, 0.29) is 12.1 Å². The van der Waals surface area contributed by atoms with Gasteiger partial charge in [-0.25, -0.2) is 0 Å². The lowest BCUT2D eigenvalue weighted by molar-refractivity contribution is 0.310. The fraction of sp³-hybridized carbons (Fsp3) is 0.214. The second-order valence-corrected chi connectivity index (χ2v) is 10.0. The van der Waals surface area contributed by atoms with Crippen molar-refractivity contribution in [3.8, 4) is 11.4 Å². The van der Waals surface area contributed by atoms with Crippen molar-refractivity contribution in [2.24, 2.45) is 0 Å². The van der Waals surface area contributed by atoms with Crippen LogP contribution in [0.25, 0.3) is 5.69 Å². The predicted octanol–water partition coefficient (Wildman–Crippen LogP) is 6.98. The van der Waals surface area contributed by atoms with Crippen LogP contribution in [0.5, 0.6) is 5.75 Å². The van der Waals surface area contributed by atoms with Gasteiger partial charge in [-0.2, -0.15) is 0 Å². The van der Waals surface area contributed by atoms with Crippen LogP contribution < -0.4 is 10.1 Å². The fourth-order valence-electron chi connectivity index (χ4n) is 4.96. The first-order valence-electron chi connectivity index (χ1n) is 11.6. The third-order valence-corrected chi connectivity index (χ3v) is 7.83. The Morgan fingerprint density at radius 2 is 1.81 bits per heavy atom. The van der Waals surface area contributed by atoms with Gasteiger partial charge in [0.15, 0.2) is 5.11 Å². The summed E-state index contributed by atoms with van der Waals surface area (Å²) < 4.78 is 7.49. The largest absolute Gasteiger partial charge is 0.497 e. The van der Waals surface area contributed by atoms with Gasteiger partial charge < -0.3 is 19.5 Å². The van der Waals surface area contributed by atoms with Crippen molar-refractivity contribution in [2.45, 2.75) is 32.5 Å². The first kappa shape index (κ1) is 24.6. The predicted molar refractivity (Wildman–Crippen MR) is 149 cm³/mol. The van der Waals surface area contributed by atoms with Crippen molar-refractivity contribution < 1.29 is 4.74 Å². The third kappa shape index (κ3) is 4.45. The Morgan fingerprint density at radius 1 is 1.03 bits per heavy atom. The van der Waals surface area contributed by atoms with Gasteiger partial charge in [0.05, 0.1) is 40.6 Å². The van der Waals surface area contributed by atoms with E-state index >= 15 is 0 Å². The van der Waals surface area contributed by atoms with Crippen LogP contribution in [0.2, 0.25) is 10.0 Å². The van der Waals surface area contributed by atoms with Crippen molar-refractivity contribution in [1.29, 1.82) is 0 Å². The Morgan fingerprint density at radius 3 is 2.50 bits per heavy atom. The molecular formula is C28H26Cl2N4OS. The number of nitrogens with zero attached hydrogens (tertiary/aromatic N) is 3. The molecule has 5 nitrogen and oxygen atoms in total. The number of thiocarbonyl (C=S) groups is 1. The second kappa shape index (κ2) is 10.1. The van der Waals surface area contributed by atoms with Gasteiger partial charge >= 0.3 is 0 Å². The van der Waals surface area contributed by atoms with Crippen LogP contribution >= 0.6 is 35.4 Å². The highest BCUT2D eigenvalue weighted by molar-refractivity contribution is 7.80. The molecule has 0 spiro atoms. The molecule has 36 heavy (non-hydrogen) atoms. The Hall–Kier alpha value is -3.06. The monoisotopic (exact) mass is 536 g/mol. The zero-order valence-electron chi connectivity index (χ0n) is 20.2. The number of halogens is 2. The normalized spacial score (nSPS) is 17.4. The van der Waals surface area contributed by atoms with Crippen LogP contribution in [0, 0.1) is 13.8 Å². The molecule has 0 saturated carbocycles. The Kier molecular flexibility index (Phi) is 6.93. The van der Waals surface area contributed by atoms with E-state index in [9.17, 15) is 0 Å². The summed E-state index contributed by atoms with van der Waals surface area (Å²) in [6.45, 7) is 4.84. The van der Waals surface area contributed by atoms with E-state index in [4.69, 9.17) is 40.2 Å². The van der Waals surface area contributed by atoms with Crippen LogP contribution in [0.4, 0.5) is 0 Å². The van der Waals surface area contributed by atoms with Crippen LogP contribution in [0.1, 0.15) is 40.3 Å². The molecule has 0 unspecified atom stereocenters. The van der Waals surface area contributed by atoms with Crippen molar-refractivity contribution >= 4 is 40.5 Å². The summed E-state index contributed by atoms with van der Waals surface area (Å²) in [6, 6.07) is 21.8. The highest BCUT2D eigenvalue weighted by Gasteiger charge is 2.41. The van der Waals surface area contributed by atoms with Gasteiger partial charge in [0.1, 0.15) is 5.75 Å². The highest BCUT2D eigenvalue weighted by atomic mass is 35.5. The number of ether oxygens (including phenoxy) is 1. The third-order valence-electron chi connectivity index (χ3n) is 6.67. The average molecular weight is 538 g/mol. The summed E-state index contributed by atoms with van der Waals surface area (Å²) in [5.74, 6) is 0.825. The molecule has 0 amide bonds. The summed E-state index contributed by atoms with van der Waals surface area (Å²) in [6.07, 6.45) is 1.82. The summed E-state index contributed by atoms with van der Waals surface area (Å²) in [5, 5.41) is 5.29. The number of aryl methyl sites for hydroxylation is 1. The van der Waals surface area contributed by atoms with E-state index in [1.807, 2.05) is 48.7 Å². The number of pyridine rings is 1. The maximum absolute atomic E-state index is 6.63. The molecule has 0 aliphatic carbocycles. The molecule has 2 atom stereocenters. The lowest BCUT2D eigenvalue weighted by Gasteiger charge is -2.28. The van der Waals surface area contributed by atoms with Crippen molar-refractivity contribution in [3.05, 3.63) is 111 Å². The molecule has 0 bridgehead atoms. The van der Waals surface area contributed by atoms with Crippen LogP contribution in [0.3, 0.4) is 0 Å². The van der Waals surface area contributed by atoms with E-state index in [0.29, 0.717) is 21.7 Å². The average Bonchev–Trinajstić information content (AvgIpc) is 3.36. The van der Waals surface area contributed by atoms with Crippen LogP contribution in [-0.2, 0) is 6.54 Å². The number of rotatable bonds is 6. The summed E-state index contributed by atoms with van der Waals surface area (Å²) >= 11 is 18.9. The number of aromatic nitrogens is 2. The Balaban J connectivity index is 1.61. The minimum Gasteiger partial charge on any atom is -0.497 e. The van der Waals surface area contributed by atoms with E-state index in [1.165, 1.54) is 0 Å². The van der Waals surface area contributed by atoms with Crippen LogP contribution in [-0.4, -0.2) is 26.7 Å². The number of hydrogen-bond donors (Lipinski definition) is 1. The van der Waals surface area contributed by atoms with Gasteiger partial charge in [0.2, 0.25) is 0 Å². The quantitative estimate of drug-likeness (QED) is 0.269. The molecule has 1 fully saturated rings. The number of benzene rings is 2. The molecule has 4 aromatic rings. The van der Waals surface area contributed by atoms with Crippen LogP contribution in [0.15, 0.2) is 72.9 Å². The number of hydrogen-bond acceptors (Lipinski definition) is 3. The summed E-state index contributed by atoms with van der Waals surface area (Å²) in [5.41, 5.74) is 6.23. The molecule has 2 aromatic heterocycles. The first-order valence-corrected chi connectivity index (χ1v) is 12.8. The highest BCUT2D eigenvalue weighted by Crippen LogP contribution is 2.43. The summed E-state index contributed by atoms with van der Waals surface area (Å²) in [4.78, 5) is 6.91. The maximum atomic E-state index is 6.63. The van der Waals surface area contributed by atoms with E-state index in [0.717, 1.165) is 39.6 Å². The zero-order valence-corrected chi connectivity index (χ0v) is 22.5. The molecule has 2 aromatic carbocycles. The first-order chi connectivity index (χ1) is 17.4. The number of methoxy groups -OCH3 is 1. The molecule has 184 valence electrons. The topological polar surface area (TPSA) is 42.3 Å². The molecule has 1 N–H and O–H groups in total. The lowest BCUT2D eigenvalue weighted by Crippen LogP contribution is -2.29. The second-order valence-electron chi connectivity index (χ2n) is 8.84. The molecule has 3 heterocycles. The molecule has 5 rings (SSSR count). The molecule has 8 heteroatoms. The molecule has 1 aliphatic rings. The van der Waals surface area contributed by atoms with Gasteiger partial charge in [0, 0.05) is 24.1 Å². The van der Waals surface area contributed by atoms with Gasteiger partial charge in [-0.15, -0.1) is 0 Å². The zero-order chi connectivity index (χ0) is 25.4. The summed E-state index contributed by atoms with van der Waals surface area (Å²) in [7, 11) is 1.67. The fourth-order valence-corrected chi connectivity index (χ4v) is 5.65. The van der Waals surface area contributed by atoms with Crippen molar-refractivity contribution in [1.82, 2.24) is 19.8 Å². The SMILES string of the molecule is COc1ccc(CN2C(=S)N[C@H](c3ccccn3)[C@H]2c2cc(C)n(-c3cccc(Cl)c3Cl)c2C)cc1. The Labute approximate surface area is 226 Å². The smallest absolute Gasteiger partial charge is 0.170 e. The standard InChI is InChI=1S/C28H26Cl2N4OS/c1-17-15-21(18(2)34(17)24-9-6-7-22(29)25(24)30)27-26(23-8-4-5-14-31-23)32-28(36)33(27)16-19-10-12-20(35-3)13-11-19/h4-15,26-27H,16H2,1-3H3,(H,32,36)/t26-,27-/m1/s1. The lowest BCUT2D eigenvalue weighted by atomic mass is 9.96. The maximum Gasteiger partial charge on any atom is 0.170 e. The minimum atomic E-state index is -0.110. The van der Waals surface area contributed by atoms with Crippen molar-refractivity contribution in [2.75, 3.05) is 7.11 Å². The Bertz CT molecular complexity index is 1410. The molecule has 0 radical (unpaired) electrons. The minimum absolute atomic E-state index is 0.0765. The van der Waals surface area contributed by atoms with Gasteiger partial charge in [-0.05, 0) is 79.7 Å². The van der Waals surface area contributed by atoms with Gasteiger partial charge in [-0.1, -0.05) is 47.5 Å². The van der Waals surface area contributed by atoms with E-state index in [1.54, 1.807) is 13.2 Å². The number of nitrogens with one attached hydrogen (secondary N) is 1. The molecule has 1 aliphatic heterocycles.